The van der Waals surface area contributed by atoms with Crippen LogP contribution in [-0.2, 0) is 14.6 Å². The minimum Gasteiger partial charge on any atom is -0.332 e. The van der Waals surface area contributed by atoms with Crippen LogP contribution in [0.25, 0.3) is 0 Å². The molecule has 26 heavy (non-hydrogen) atoms. The third-order valence-electron chi connectivity index (χ3n) is 4.08. The minimum absolute atomic E-state index is 0. The van der Waals surface area contributed by atoms with Gasteiger partial charge in [0, 0.05) is 0 Å². The number of hydrogen-bond donors (Lipinski definition) is 1. The summed E-state index contributed by atoms with van der Waals surface area (Å²) in [6, 6.07) is 0. The van der Waals surface area contributed by atoms with Crippen LogP contribution in [0.1, 0.15) is 117 Å². The van der Waals surface area contributed by atoms with Crippen LogP contribution in [0.4, 0.5) is 0 Å². The second-order valence-electron chi connectivity index (χ2n) is 6.69. The molecule has 0 aliphatic rings. The zero-order chi connectivity index (χ0) is 19.2. The van der Waals surface area contributed by atoms with Crippen LogP contribution in [0.3, 0.4) is 0 Å². The summed E-state index contributed by atoms with van der Waals surface area (Å²) < 4.78 is 33.0. The Hall–Kier alpha value is 0.870. The molecule has 0 amide bonds. The Balaban J connectivity index is -0.000000498. The van der Waals surface area contributed by atoms with Gasteiger partial charge < -0.3 is 6.42 Å². The molecule has 0 unspecified atom stereocenters. The first-order chi connectivity index (χ1) is 12.0. The molecule has 4 nitrogen and oxygen atoms in total. The van der Waals surface area contributed by atoms with Gasteiger partial charge in [-0.1, -0.05) is 97.3 Å². The quantitative estimate of drug-likeness (QED) is 0.173. The normalized spacial score (nSPS) is 10.8. The summed E-state index contributed by atoms with van der Waals surface area (Å²) in [6.07, 6.45) is 21.0. The molecule has 0 radical (unpaired) electrons. The number of rotatable bonds is 17. The zero-order valence-electron chi connectivity index (χ0n) is 18.0. The third-order valence-corrected chi connectivity index (χ3v) is 4.54. The molecule has 0 aliphatic heterocycles. The van der Waals surface area contributed by atoms with Gasteiger partial charge >= 0.3 is 40.0 Å². The van der Waals surface area contributed by atoms with E-state index in [-0.39, 0.29) is 36.2 Å². The number of hydrogen-bond acceptors (Lipinski definition) is 3. The Kier molecular flexibility index (Phi) is 31.4. The van der Waals surface area contributed by atoms with Crippen molar-refractivity contribution in [3.63, 3.8) is 0 Å². The molecule has 0 saturated heterocycles. The summed E-state index contributed by atoms with van der Waals surface area (Å²) in [5, 5.41) is 0. The van der Waals surface area contributed by atoms with Crippen molar-refractivity contribution in [2.75, 3.05) is 6.61 Å². The standard InChI is InChI=1S/C12H26O4S.C8H17.Na/c1-2-3-4-5-6-7-8-9-10-11-12-16-17(13,14)15;1-3-5-7-8-6-4-2;/h2-12H2,1H3,(H,13,14,15);3H,4-8H2,1-2H3;/q;-1;+1. The van der Waals surface area contributed by atoms with Gasteiger partial charge in [0.25, 0.3) is 0 Å². The van der Waals surface area contributed by atoms with Gasteiger partial charge in [-0.05, 0) is 6.42 Å². The largest absolute Gasteiger partial charge is 1.00 e. The SMILES string of the molecule is CCCCCCCCCCCCOS(=O)(=O)O.C[CH-]CCCCCC.[Na+]. The Morgan fingerprint density at radius 1 is 0.731 bits per heavy atom. The second-order valence-corrected chi connectivity index (χ2v) is 7.78. The maximum absolute atomic E-state index is 10.2. The number of unbranched alkanes of at least 4 members (excludes halogenated alkanes) is 14. The maximum Gasteiger partial charge on any atom is 1.00 e. The predicted octanol–water partition coefficient (Wildman–Crippen LogP) is 3.91. The van der Waals surface area contributed by atoms with Gasteiger partial charge in [-0.15, -0.1) is 0 Å². The van der Waals surface area contributed by atoms with Crippen LogP contribution in [0.15, 0.2) is 0 Å². The van der Waals surface area contributed by atoms with Crippen molar-refractivity contribution in [3.8, 4) is 0 Å². The van der Waals surface area contributed by atoms with Gasteiger partial charge in [-0.2, -0.15) is 21.8 Å². The van der Waals surface area contributed by atoms with Crippen molar-refractivity contribution in [2.24, 2.45) is 0 Å². The van der Waals surface area contributed by atoms with E-state index in [0.29, 0.717) is 6.42 Å². The smallest absolute Gasteiger partial charge is 0.332 e. The van der Waals surface area contributed by atoms with Crippen LogP contribution in [0.2, 0.25) is 0 Å². The molecule has 0 fully saturated rings. The second kappa shape index (κ2) is 25.9. The predicted molar refractivity (Wildman–Crippen MR) is 108 cm³/mol. The first-order valence-electron chi connectivity index (χ1n) is 10.4. The average molecular weight is 403 g/mol. The molecule has 0 spiro atoms. The van der Waals surface area contributed by atoms with Gasteiger partial charge in [0.15, 0.2) is 0 Å². The van der Waals surface area contributed by atoms with Crippen molar-refractivity contribution < 1.29 is 46.7 Å². The van der Waals surface area contributed by atoms with Crippen molar-refractivity contribution in [3.05, 3.63) is 6.42 Å². The van der Waals surface area contributed by atoms with E-state index in [0.717, 1.165) is 12.8 Å². The molecule has 0 aromatic rings. The summed E-state index contributed by atoms with van der Waals surface area (Å²) in [7, 11) is -4.23. The fraction of sp³-hybridized carbons (Fsp3) is 0.950. The van der Waals surface area contributed by atoms with Crippen molar-refractivity contribution in [1.82, 2.24) is 0 Å². The van der Waals surface area contributed by atoms with Gasteiger partial charge in [-0.25, -0.2) is 4.18 Å². The first-order valence-corrected chi connectivity index (χ1v) is 11.7. The van der Waals surface area contributed by atoms with Crippen molar-refractivity contribution in [2.45, 2.75) is 117 Å². The summed E-state index contributed by atoms with van der Waals surface area (Å²) in [6.45, 7) is 6.69. The van der Waals surface area contributed by atoms with Gasteiger partial charge in [0.05, 0.1) is 6.61 Å². The summed E-state index contributed by atoms with van der Waals surface area (Å²) in [4.78, 5) is 0. The topological polar surface area (TPSA) is 63.6 Å². The monoisotopic (exact) mass is 402 g/mol. The molecule has 0 atom stereocenters. The van der Waals surface area contributed by atoms with E-state index in [9.17, 15) is 8.42 Å². The average Bonchev–Trinajstić information content (AvgIpc) is 2.56. The van der Waals surface area contributed by atoms with Gasteiger partial charge in [-0.3, -0.25) is 4.55 Å². The molecular formula is C20H43NaO4S. The fourth-order valence-corrected chi connectivity index (χ4v) is 2.86. The van der Waals surface area contributed by atoms with E-state index in [1.165, 1.54) is 77.0 Å². The van der Waals surface area contributed by atoms with Crippen LogP contribution in [0.5, 0.6) is 0 Å². The third kappa shape index (κ3) is 35.9. The van der Waals surface area contributed by atoms with Gasteiger partial charge in [0.2, 0.25) is 0 Å². The summed E-state index contributed by atoms with van der Waals surface area (Å²) in [5.74, 6) is 0. The fourth-order valence-electron chi connectivity index (χ4n) is 2.53. The molecule has 6 heteroatoms. The Labute approximate surface area is 186 Å². The van der Waals surface area contributed by atoms with E-state index in [1.54, 1.807) is 0 Å². The molecule has 0 rings (SSSR count). The summed E-state index contributed by atoms with van der Waals surface area (Å²) in [5.41, 5.74) is 0. The molecule has 0 heterocycles. The molecule has 0 aromatic carbocycles. The van der Waals surface area contributed by atoms with Crippen LogP contribution in [0, 0.1) is 6.42 Å². The van der Waals surface area contributed by atoms with Crippen molar-refractivity contribution >= 4 is 10.4 Å². The molecule has 0 aliphatic carbocycles. The van der Waals surface area contributed by atoms with E-state index < -0.39 is 10.4 Å². The Morgan fingerprint density at radius 2 is 1.12 bits per heavy atom. The Morgan fingerprint density at radius 3 is 1.50 bits per heavy atom. The molecule has 0 aromatic heterocycles. The molecule has 0 bridgehead atoms. The van der Waals surface area contributed by atoms with E-state index in [4.69, 9.17) is 4.55 Å². The first kappa shape index (κ1) is 31.6. The zero-order valence-corrected chi connectivity index (χ0v) is 20.8. The Bertz CT molecular complexity index is 329. The van der Waals surface area contributed by atoms with Gasteiger partial charge in [0.1, 0.15) is 0 Å². The molecule has 0 saturated carbocycles. The molecular weight excluding hydrogens is 359 g/mol. The van der Waals surface area contributed by atoms with E-state index >= 15 is 0 Å². The minimum atomic E-state index is -4.23. The van der Waals surface area contributed by atoms with E-state index in [1.807, 2.05) is 0 Å². The van der Waals surface area contributed by atoms with Crippen LogP contribution in [-0.4, -0.2) is 19.6 Å². The molecule has 154 valence electrons. The molecule has 1 N–H and O–H groups in total. The van der Waals surface area contributed by atoms with Crippen LogP contribution >= 0.6 is 0 Å². The summed E-state index contributed by atoms with van der Waals surface area (Å²) >= 11 is 0. The van der Waals surface area contributed by atoms with Crippen molar-refractivity contribution in [1.29, 1.82) is 0 Å². The maximum atomic E-state index is 10.2. The van der Waals surface area contributed by atoms with Crippen LogP contribution < -0.4 is 29.6 Å². The van der Waals surface area contributed by atoms with E-state index in [2.05, 4.69) is 31.4 Å².